The van der Waals surface area contributed by atoms with Crippen LogP contribution in [0.4, 0.5) is 4.39 Å². The van der Waals surface area contributed by atoms with E-state index in [4.69, 9.17) is 9.47 Å². The van der Waals surface area contributed by atoms with Gasteiger partial charge in [0.2, 0.25) is 11.7 Å². The quantitative estimate of drug-likeness (QED) is 0.225. The van der Waals surface area contributed by atoms with E-state index < -0.39 is 10.3 Å². The molecule has 0 fully saturated rings. The van der Waals surface area contributed by atoms with Crippen molar-refractivity contribution in [3.8, 4) is 17.0 Å². The van der Waals surface area contributed by atoms with Gasteiger partial charge in [0.1, 0.15) is 21.9 Å². The number of halogens is 1. The van der Waals surface area contributed by atoms with E-state index in [0.29, 0.717) is 10.2 Å². The van der Waals surface area contributed by atoms with E-state index >= 15 is 0 Å². The van der Waals surface area contributed by atoms with Crippen molar-refractivity contribution in [2.75, 3.05) is 6.61 Å². The Morgan fingerprint density at radius 1 is 1.03 bits per heavy atom. The second-order valence-electron chi connectivity index (χ2n) is 8.72. The lowest BCUT2D eigenvalue weighted by atomic mass is 10.1. The summed E-state index contributed by atoms with van der Waals surface area (Å²) in [5.74, 6) is -0.647. The number of ether oxygens (including phenoxy) is 2. The Bertz CT molecular complexity index is 1120. The number of pyridine rings is 1. The number of nitrogens with zero attached hydrogens (tertiary/aromatic N) is 2. The van der Waals surface area contributed by atoms with Gasteiger partial charge in [-0.1, -0.05) is 23.9 Å². The van der Waals surface area contributed by atoms with E-state index in [-0.39, 0.29) is 29.9 Å². The summed E-state index contributed by atoms with van der Waals surface area (Å²) in [4.78, 5) is 33.5. The molecule has 33 heavy (non-hydrogen) atoms. The van der Waals surface area contributed by atoms with Crippen LogP contribution in [0.25, 0.3) is 11.1 Å². The lowest BCUT2D eigenvalue weighted by Gasteiger charge is -2.27. The molecule has 0 aliphatic rings. The molecule has 3 rings (SSSR count). The normalized spacial score (nSPS) is 11.8. The fourth-order valence-corrected chi connectivity index (χ4v) is 4.80. The Morgan fingerprint density at radius 3 is 2.30 bits per heavy atom. The van der Waals surface area contributed by atoms with Crippen molar-refractivity contribution in [1.82, 2.24) is 9.97 Å². The molecule has 2 aromatic heterocycles. The number of thiazole rings is 1. The largest absolute Gasteiger partial charge is 0.469 e. The molecule has 174 valence electrons. The summed E-state index contributed by atoms with van der Waals surface area (Å²) in [6.07, 6.45) is 1.60. The summed E-state index contributed by atoms with van der Waals surface area (Å²) in [6.45, 7) is 8.76. The number of esters is 1. The number of carbonyl (C=O) groups is 2. The highest BCUT2D eigenvalue weighted by Gasteiger charge is 2.35. The molecule has 0 atom stereocenters. The lowest BCUT2D eigenvalue weighted by molar-refractivity contribution is -0.156. The maximum absolute atomic E-state index is 13.1. The first-order valence-electron chi connectivity index (χ1n) is 10.2. The summed E-state index contributed by atoms with van der Waals surface area (Å²) >= 11 is 2.54. The number of hydrogen-bond acceptors (Lipinski definition) is 8. The fourth-order valence-electron chi connectivity index (χ4n) is 2.59. The molecule has 6 nitrogen and oxygen atoms in total. The Labute approximate surface area is 200 Å². The van der Waals surface area contributed by atoms with Crippen LogP contribution in [0.1, 0.15) is 45.1 Å². The van der Waals surface area contributed by atoms with Crippen molar-refractivity contribution in [1.29, 1.82) is 0 Å². The van der Waals surface area contributed by atoms with Crippen LogP contribution in [0.3, 0.4) is 0 Å². The zero-order valence-electron chi connectivity index (χ0n) is 19.0. The predicted molar refractivity (Wildman–Crippen MR) is 127 cm³/mol. The SMILES string of the molecule is CC(C)(C)OC(=O)C(C)(C)Sc1nc(C(=O)COc2ccc(-c3ccc(F)cc3)cn2)cs1. The van der Waals surface area contributed by atoms with E-state index in [1.807, 2.05) is 20.8 Å². The Morgan fingerprint density at radius 2 is 1.70 bits per heavy atom. The topological polar surface area (TPSA) is 78.4 Å². The maximum atomic E-state index is 13.1. The van der Waals surface area contributed by atoms with Crippen LogP contribution in [-0.4, -0.2) is 38.7 Å². The van der Waals surface area contributed by atoms with Gasteiger partial charge >= 0.3 is 5.97 Å². The molecule has 1 aromatic carbocycles. The molecule has 9 heteroatoms. The molecule has 0 aliphatic heterocycles. The van der Waals surface area contributed by atoms with E-state index in [1.165, 1.54) is 35.2 Å². The van der Waals surface area contributed by atoms with Gasteiger partial charge in [0.25, 0.3) is 0 Å². The third-order valence-corrected chi connectivity index (χ3v) is 6.38. The Kier molecular flexibility index (Phi) is 7.54. The highest BCUT2D eigenvalue weighted by atomic mass is 32.2. The first kappa shape index (κ1) is 24.9. The van der Waals surface area contributed by atoms with E-state index in [2.05, 4.69) is 9.97 Å². The van der Waals surface area contributed by atoms with Gasteiger partial charge in [0.15, 0.2) is 10.9 Å². The minimum atomic E-state index is -0.849. The molecular weight excluding hydrogens is 463 g/mol. The van der Waals surface area contributed by atoms with Crippen LogP contribution < -0.4 is 4.74 Å². The highest BCUT2D eigenvalue weighted by molar-refractivity contribution is 8.03. The number of ketones is 1. The second kappa shape index (κ2) is 10.0. The molecular formula is C24H25FN2O4S2. The van der Waals surface area contributed by atoms with E-state index in [1.54, 1.807) is 49.7 Å². The molecule has 0 N–H and O–H groups in total. The first-order valence-corrected chi connectivity index (χ1v) is 11.9. The summed E-state index contributed by atoms with van der Waals surface area (Å²) < 4.78 is 23.8. The Balaban J connectivity index is 1.56. The standard InChI is InChI=1S/C24H25FN2O4S2/c1-23(2,3)31-21(29)24(4,5)33-22-27-18(14-32-22)19(28)13-30-20-11-8-16(12-26-20)15-6-9-17(25)10-7-15/h6-12,14H,13H2,1-5H3. The van der Waals surface area contributed by atoms with Crippen LogP contribution in [0.5, 0.6) is 5.88 Å². The molecule has 0 amide bonds. The van der Waals surface area contributed by atoms with Gasteiger partial charge < -0.3 is 9.47 Å². The Hall–Kier alpha value is -2.78. The van der Waals surface area contributed by atoms with Gasteiger partial charge in [-0.2, -0.15) is 0 Å². The number of benzene rings is 1. The average Bonchev–Trinajstić information content (AvgIpc) is 3.19. The van der Waals surface area contributed by atoms with Crippen molar-refractivity contribution in [2.24, 2.45) is 0 Å². The number of carbonyl (C=O) groups excluding carboxylic acids is 2. The predicted octanol–water partition coefficient (Wildman–Crippen LogP) is 5.82. The smallest absolute Gasteiger partial charge is 0.322 e. The van der Waals surface area contributed by atoms with Gasteiger partial charge in [0.05, 0.1) is 0 Å². The fraction of sp³-hybridized carbons (Fsp3) is 0.333. The number of Topliss-reactive ketones (excluding diaryl/α,β-unsaturated/α-hetero) is 1. The summed E-state index contributed by atoms with van der Waals surface area (Å²) in [5, 5.41) is 1.64. The van der Waals surface area contributed by atoms with E-state index in [0.717, 1.165) is 11.1 Å². The summed E-state index contributed by atoms with van der Waals surface area (Å²) in [5.41, 5.74) is 1.32. The van der Waals surface area contributed by atoms with Crippen molar-refractivity contribution >= 4 is 34.9 Å². The molecule has 2 heterocycles. The molecule has 0 radical (unpaired) electrons. The van der Waals surface area contributed by atoms with Gasteiger partial charge in [-0.3, -0.25) is 9.59 Å². The van der Waals surface area contributed by atoms with Crippen molar-refractivity contribution in [3.63, 3.8) is 0 Å². The monoisotopic (exact) mass is 488 g/mol. The van der Waals surface area contributed by atoms with Crippen molar-refractivity contribution < 1.29 is 23.5 Å². The minimum Gasteiger partial charge on any atom is -0.469 e. The van der Waals surface area contributed by atoms with Crippen LogP contribution in [0, 0.1) is 5.82 Å². The molecule has 3 aromatic rings. The zero-order chi connectivity index (χ0) is 24.2. The van der Waals surface area contributed by atoms with Gasteiger partial charge in [-0.15, -0.1) is 11.3 Å². The van der Waals surface area contributed by atoms with Gasteiger partial charge in [-0.05, 0) is 58.4 Å². The maximum Gasteiger partial charge on any atom is 0.322 e. The number of thioether (sulfide) groups is 1. The van der Waals surface area contributed by atoms with Crippen molar-refractivity contribution in [2.45, 2.75) is 49.3 Å². The summed E-state index contributed by atoms with van der Waals surface area (Å²) in [7, 11) is 0. The third-order valence-electron chi connectivity index (χ3n) is 4.27. The van der Waals surface area contributed by atoms with Crippen LogP contribution in [0.2, 0.25) is 0 Å². The van der Waals surface area contributed by atoms with Crippen LogP contribution >= 0.6 is 23.1 Å². The van der Waals surface area contributed by atoms with Gasteiger partial charge in [0, 0.05) is 23.2 Å². The molecule has 0 saturated carbocycles. The summed E-state index contributed by atoms with van der Waals surface area (Å²) in [6, 6.07) is 9.53. The van der Waals surface area contributed by atoms with Gasteiger partial charge in [-0.25, -0.2) is 14.4 Å². The van der Waals surface area contributed by atoms with E-state index in [9.17, 15) is 14.0 Å². The molecule has 0 bridgehead atoms. The first-order chi connectivity index (χ1) is 15.4. The zero-order valence-corrected chi connectivity index (χ0v) is 20.7. The number of hydrogen-bond donors (Lipinski definition) is 0. The second-order valence-corrected chi connectivity index (χ2v) is 11.4. The third kappa shape index (κ3) is 7.10. The molecule has 0 aliphatic carbocycles. The average molecular weight is 489 g/mol. The van der Waals surface area contributed by atoms with Crippen LogP contribution in [0.15, 0.2) is 52.3 Å². The molecule has 0 saturated heterocycles. The minimum absolute atomic E-state index is 0.216. The number of rotatable bonds is 8. The highest BCUT2D eigenvalue weighted by Crippen LogP contribution is 2.36. The molecule has 0 unspecified atom stereocenters. The van der Waals surface area contributed by atoms with Crippen LogP contribution in [-0.2, 0) is 9.53 Å². The molecule has 0 spiro atoms. The number of aromatic nitrogens is 2. The lowest BCUT2D eigenvalue weighted by Crippen LogP contribution is -2.36. The van der Waals surface area contributed by atoms with Crippen molar-refractivity contribution in [3.05, 3.63) is 59.5 Å².